The first-order valence-electron chi connectivity index (χ1n) is 10.5. The molecule has 0 spiro atoms. The highest BCUT2D eigenvalue weighted by Gasteiger charge is 2.55. The number of oxazole rings is 1. The van der Waals surface area contributed by atoms with E-state index in [1.165, 1.54) is 6.39 Å². The van der Waals surface area contributed by atoms with E-state index in [2.05, 4.69) is 15.2 Å². The van der Waals surface area contributed by atoms with Gasteiger partial charge in [-0.05, 0) is 25.5 Å². The van der Waals surface area contributed by atoms with Crippen LogP contribution in [0.5, 0.6) is 0 Å². The summed E-state index contributed by atoms with van der Waals surface area (Å²) in [7, 11) is 0. The Balaban J connectivity index is 1.76. The Hall–Kier alpha value is -2.71. The fraction of sp³-hybridized carbons (Fsp3) is 0.500. The van der Waals surface area contributed by atoms with Gasteiger partial charge in [0.05, 0.1) is 17.8 Å². The Morgan fingerprint density at radius 3 is 2.93 bits per heavy atom. The second kappa shape index (κ2) is 8.57. The zero-order chi connectivity index (χ0) is 21.3. The molecule has 160 valence electrons. The average Bonchev–Trinajstić information content (AvgIpc) is 3.44. The lowest BCUT2D eigenvalue weighted by Gasteiger charge is -2.30. The molecule has 2 aromatic heterocycles. The lowest BCUT2D eigenvalue weighted by atomic mass is 9.88. The number of aromatic nitrogens is 2. The predicted molar refractivity (Wildman–Crippen MR) is 111 cm³/mol. The van der Waals surface area contributed by atoms with Crippen LogP contribution in [0.2, 0.25) is 0 Å². The first-order chi connectivity index (χ1) is 14.6. The van der Waals surface area contributed by atoms with Gasteiger partial charge in [-0.3, -0.25) is 14.5 Å². The smallest absolute Gasteiger partial charge is 0.258 e. The Bertz CT molecular complexity index is 982. The molecule has 0 bridgehead atoms. The van der Waals surface area contributed by atoms with E-state index in [1.807, 2.05) is 32.1 Å². The molecule has 0 aromatic carbocycles. The summed E-state index contributed by atoms with van der Waals surface area (Å²) in [6.07, 6.45) is 7.43. The molecule has 2 aliphatic heterocycles. The normalized spacial score (nSPS) is 25.6. The third-order valence-electron chi connectivity index (χ3n) is 6.21. The number of carbonyl (C=O) groups is 1. The van der Waals surface area contributed by atoms with Gasteiger partial charge in [-0.25, -0.2) is 4.98 Å². The minimum atomic E-state index is -0.493. The molecule has 0 radical (unpaired) electrons. The highest BCUT2D eigenvalue weighted by Crippen LogP contribution is 2.49. The molecule has 0 unspecified atom stereocenters. The molecule has 4 heterocycles. The molecule has 1 saturated heterocycles. The van der Waals surface area contributed by atoms with Crippen LogP contribution in [-0.2, 0) is 17.9 Å². The largest absolute Gasteiger partial charge is 0.451 e. The van der Waals surface area contributed by atoms with E-state index in [4.69, 9.17) is 4.42 Å². The second-order valence-electron chi connectivity index (χ2n) is 7.97. The molecule has 2 aliphatic rings. The third kappa shape index (κ3) is 3.40. The molecule has 8 nitrogen and oxygen atoms in total. The van der Waals surface area contributed by atoms with Crippen molar-refractivity contribution in [1.29, 1.82) is 0 Å². The van der Waals surface area contributed by atoms with Gasteiger partial charge in [0.1, 0.15) is 6.26 Å². The molecule has 1 fully saturated rings. The Morgan fingerprint density at radius 1 is 1.43 bits per heavy atom. The summed E-state index contributed by atoms with van der Waals surface area (Å²) in [6, 6.07) is 3.16. The molecule has 1 amide bonds. The van der Waals surface area contributed by atoms with Crippen LogP contribution in [0, 0.1) is 11.8 Å². The number of carbonyl (C=O) groups excluding carboxylic acids is 1. The van der Waals surface area contributed by atoms with Crippen molar-refractivity contribution in [1.82, 2.24) is 19.8 Å². The number of rotatable bonds is 7. The van der Waals surface area contributed by atoms with Crippen LogP contribution in [0.4, 0.5) is 0 Å². The monoisotopic (exact) mass is 412 g/mol. The average molecular weight is 412 g/mol. The number of fused-ring (bicyclic) bond motifs is 3. The van der Waals surface area contributed by atoms with E-state index >= 15 is 0 Å². The van der Waals surface area contributed by atoms with Crippen molar-refractivity contribution in [3.8, 4) is 0 Å². The molecule has 0 saturated carbocycles. The third-order valence-corrected chi connectivity index (χ3v) is 6.21. The molecule has 2 N–H and O–H groups in total. The number of likely N-dealkylation sites (tertiary alicyclic amines) is 1. The van der Waals surface area contributed by atoms with Crippen LogP contribution in [0.25, 0.3) is 6.08 Å². The van der Waals surface area contributed by atoms with Crippen molar-refractivity contribution in [2.75, 3.05) is 13.2 Å². The molecule has 0 aliphatic carbocycles. The Morgan fingerprint density at radius 2 is 2.27 bits per heavy atom. The first-order valence-corrected chi connectivity index (χ1v) is 10.5. The number of aliphatic hydroxyl groups excluding tert-OH is 1. The minimum Gasteiger partial charge on any atom is -0.451 e. The molecule has 4 rings (SSSR count). The van der Waals surface area contributed by atoms with E-state index in [0.717, 1.165) is 12.1 Å². The maximum Gasteiger partial charge on any atom is 0.258 e. The van der Waals surface area contributed by atoms with Crippen molar-refractivity contribution in [2.24, 2.45) is 11.8 Å². The van der Waals surface area contributed by atoms with Gasteiger partial charge in [-0.15, -0.1) is 0 Å². The predicted octanol–water partition coefficient (Wildman–Crippen LogP) is 1.56. The van der Waals surface area contributed by atoms with Crippen molar-refractivity contribution in [2.45, 2.75) is 45.4 Å². The van der Waals surface area contributed by atoms with Crippen molar-refractivity contribution < 1.29 is 14.3 Å². The number of allylic oxidation sites excluding steroid dienone is 1. The quantitative estimate of drug-likeness (QED) is 0.716. The maximum atomic E-state index is 13.1. The Kier molecular flexibility index (Phi) is 5.87. The molecular formula is C22H28N4O4. The summed E-state index contributed by atoms with van der Waals surface area (Å²) in [5.74, 6) is -0.399. The summed E-state index contributed by atoms with van der Waals surface area (Å²) < 4.78 is 6.93. The molecular weight excluding hydrogens is 384 g/mol. The van der Waals surface area contributed by atoms with Gasteiger partial charge in [0, 0.05) is 49.3 Å². The van der Waals surface area contributed by atoms with Crippen LogP contribution in [-0.4, -0.2) is 44.7 Å². The number of hydrogen-bond acceptors (Lipinski definition) is 6. The van der Waals surface area contributed by atoms with Crippen LogP contribution in [0.3, 0.4) is 0 Å². The van der Waals surface area contributed by atoms with E-state index in [0.29, 0.717) is 30.9 Å². The zero-order valence-electron chi connectivity index (χ0n) is 17.3. The van der Waals surface area contributed by atoms with Crippen LogP contribution < -0.4 is 10.9 Å². The van der Waals surface area contributed by atoms with Crippen LogP contribution >= 0.6 is 0 Å². The van der Waals surface area contributed by atoms with E-state index < -0.39 is 6.04 Å². The molecule has 2 aromatic rings. The molecule has 30 heavy (non-hydrogen) atoms. The van der Waals surface area contributed by atoms with Gasteiger partial charge < -0.3 is 19.4 Å². The topological polar surface area (TPSA) is 101 Å². The highest BCUT2D eigenvalue weighted by atomic mass is 16.3. The van der Waals surface area contributed by atoms with Gasteiger partial charge >= 0.3 is 0 Å². The zero-order valence-corrected chi connectivity index (χ0v) is 17.3. The van der Waals surface area contributed by atoms with Gasteiger partial charge in [-0.2, -0.15) is 0 Å². The fourth-order valence-electron chi connectivity index (χ4n) is 4.96. The SMILES string of the molecule is C/C=C/c1ccc2n(c1=O)C[C@@H]1[C@@H](CO)[C@H](C(=O)NCCC)N(Cc3cocn3)[C@H]21. The summed E-state index contributed by atoms with van der Waals surface area (Å²) in [5.41, 5.74) is 2.20. The lowest BCUT2D eigenvalue weighted by Crippen LogP contribution is -2.48. The van der Waals surface area contributed by atoms with Crippen LogP contribution in [0.15, 0.2) is 40.1 Å². The maximum absolute atomic E-state index is 13.1. The summed E-state index contributed by atoms with van der Waals surface area (Å²) in [4.78, 5) is 32.4. The van der Waals surface area contributed by atoms with Crippen LogP contribution in [0.1, 0.15) is 43.3 Å². The van der Waals surface area contributed by atoms with Crippen molar-refractivity contribution >= 4 is 12.0 Å². The van der Waals surface area contributed by atoms with Gasteiger partial charge in [0.15, 0.2) is 6.39 Å². The highest BCUT2D eigenvalue weighted by molar-refractivity contribution is 5.82. The lowest BCUT2D eigenvalue weighted by molar-refractivity contribution is -0.128. The summed E-state index contributed by atoms with van der Waals surface area (Å²) in [6.45, 7) is 5.25. The van der Waals surface area contributed by atoms with E-state index in [-0.39, 0.29) is 36.0 Å². The standard InChI is InChI=1S/C22H28N4O4/c1-3-5-14-6-7-18-19-16(10-25(18)22(14)29)17(11-27)20(21(28)23-8-4-2)26(19)9-15-12-30-13-24-15/h3,5-7,12-13,16-17,19-20,27H,4,8-11H2,1-2H3,(H,23,28)/b5-3+/t16-,17-,19+,20-/m1/s1. The number of aliphatic hydroxyl groups is 1. The fourth-order valence-corrected chi connectivity index (χ4v) is 4.96. The van der Waals surface area contributed by atoms with E-state index in [1.54, 1.807) is 16.9 Å². The van der Waals surface area contributed by atoms with Gasteiger partial charge in [-0.1, -0.05) is 19.1 Å². The minimum absolute atomic E-state index is 0.0344. The van der Waals surface area contributed by atoms with Gasteiger partial charge in [0.2, 0.25) is 5.91 Å². The number of hydrogen-bond donors (Lipinski definition) is 2. The van der Waals surface area contributed by atoms with E-state index in [9.17, 15) is 14.7 Å². The number of nitrogens with zero attached hydrogens (tertiary/aromatic N) is 3. The summed E-state index contributed by atoms with van der Waals surface area (Å²) >= 11 is 0. The molecule has 8 heteroatoms. The summed E-state index contributed by atoms with van der Waals surface area (Å²) in [5, 5.41) is 13.2. The molecule has 4 atom stereocenters. The first kappa shape index (κ1) is 20.6. The second-order valence-corrected chi connectivity index (χ2v) is 7.97. The number of pyridine rings is 1. The number of amides is 1. The van der Waals surface area contributed by atoms with Crippen molar-refractivity contribution in [3.63, 3.8) is 0 Å². The van der Waals surface area contributed by atoms with Crippen molar-refractivity contribution in [3.05, 3.63) is 58.2 Å². The Labute approximate surface area is 175 Å². The van der Waals surface area contributed by atoms with Gasteiger partial charge in [0.25, 0.3) is 5.56 Å². The number of nitrogens with one attached hydrogen (secondary N) is 1.